The van der Waals surface area contributed by atoms with Crippen LogP contribution in [-0.4, -0.2) is 76.9 Å². The Morgan fingerprint density at radius 2 is 1.91 bits per heavy atom. The average Bonchev–Trinajstić information content (AvgIpc) is 3.28. The van der Waals surface area contributed by atoms with Gasteiger partial charge in [-0.25, -0.2) is 4.79 Å². The van der Waals surface area contributed by atoms with E-state index in [9.17, 15) is 36.2 Å². The fraction of sp³-hybridized carbons (Fsp3) is 0.742. The lowest BCUT2D eigenvalue weighted by Crippen LogP contribution is -2.46. The normalized spacial score (nSPS) is 28.3. The van der Waals surface area contributed by atoms with Crippen LogP contribution in [0, 0.1) is 23.2 Å². The third-order valence-electron chi connectivity index (χ3n) is 10.00. The molecular formula is C31H44F5N3O4S. The number of hydrogen-bond acceptors (Lipinski definition) is 6. The molecule has 0 radical (unpaired) electrons. The van der Waals surface area contributed by atoms with E-state index in [1.54, 1.807) is 0 Å². The number of oxime groups is 1. The van der Waals surface area contributed by atoms with Crippen molar-refractivity contribution in [3.8, 4) is 5.75 Å². The zero-order chi connectivity index (χ0) is 32.3. The Labute approximate surface area is 258 Å². The lowest BCUT2D eigenvalue weighted by Gasteiger charge is -2.52. The smallest absolute Gasteiger partial charge is 0.411 e. The first-order valence-corrected chi connectivity index (χ1v) is 16.9. The van der Waals surface area contributed by atoms with Crippen LogP contribution in [0.4, 0.5) is 26.7 Å². The predicted molar refractivity (Wildman–Crippen MR) is 159 cm³/mol. The standard InChI is InChI=1S/C31H44F5N3O4S/c1-29-13-11-24-23-8-7-22(43-28(40)37-14-15-39(2)3)19-21(23)18-20(27(24)25(29)9-10-26(29)38-41)6-4-16-44(42)17-5-12-30(32,33)31(34,35)36/h7-8,19-20,24-25,27,41H,4-6,9-18H2,1-3H3,(H,37,40)/b38-26-/t20-,24-,25+,27-,29+,44?/m1/s1. The fourth-order valence-corrected chi connectivity index (χ4v) is 8.96. The second kappa shape index (κ2) is 14.0. The third kappa shape index (κ3) is 7.74. The maximum atomic E-state index is 13.2. The van der Waals surface area contributed by atoms with Gasteiger partial charge in [0.15, 0.2) is 0 Å². The Balaban J connectivity index is 1.45. The van der Waals surface area contributed by atoms with Gasteiger partial charge in [0.25, 0.3) is 0 Å². The number of fused-ring (bicyclic) bond motifs is 5. The van der Waals surface area contributed by atoms with E-state index < -0.39 is 41.8 Å². The molecule has 248 valence electrons. The van der Waals surface area contributed by atoms with Crippen LogP contribution in [0.5, 0.6) is 5.75 Å². The molecule has 13 heteroatoms. The summed E-state index contributed by atoms with van der Waals surface area (Å²) in [5, 5.41) is 16.1. The minimum Gasteiger partial charge on any atom is -0.411 e. The molecule has 4 rings (SSSR count). The van der Waals surface area contributed by atoms with Crippen LogP contribution >= 0.6 is 0 Å². The molecule has 0 spiro atoms. The molecule has 0 heterocycles. The quantitative estimate of drug-likeness (QED) is 0.149. The summed E-state index contributed by atoms with van der Waals surface area (Å²) in [5.41, 5.74) is 2.97. The van der Waals surface area contributed by atoms with Crippen LogP contribution < -0.4 is 10.1 Å². The highest BCUT2D eigenvalue weighted by Crippen LogP contribution is 2.62. The molecule has 2 fully saturated rings. The average molecular weight is 650 g/mol. The van der Waals surface area contributed by atoms with Crippen molar-refractivity contribution in [2.75, 3.05) is 38.7 Å². The minimum atomic E-state index is -5.60. The number of nitrogens with zero attached hydrogens (tertiary/aromatic N) is 2. The molecule has 3 aliphatic rings. The van der Waals surface area contributed by atoms with Gasteiger partial charge in [-0.3, -0.25) is 4.21 Å². The zero-order valence-corrected chi connectivity index (χ0v) is 26.4. The molecule has 1 aromatic carbocycles. The van der Waals surface area contributed by atoms with Gasteiger partial charge >= 0.3 is 18.2 Å². The molecule has 44 heavy (non-hydrogen) atoms. The molecule has 0 bridgehead atoms. The zero-order valence-electron chi connectivity index (χ0n) is 25.6. The van der Waals surface area contributed by atoms with Crippen molar-refractivity contribution in [3.63, 3.8) is 0 Å². The van der Waals surface area contributed by atoms with Crippen molar-refractivity contribution in [3.05, 3.63) is 29.3 Å². The van der Waals surface area contributed by atoms with E-state index in [0.29, 0.717) is 37.1 Å². The number of rotatable bonds is 12. The van der Waals surface area contributed by atoms with Crippen molar-refractivity contribution in [2.45, 2.75) is 82.7 Å². The van der Waals surface area contributed by atoms with Gasteiger partial charge in [0.2, 0.25) is 0 Å². The van der Waals surface area contributed by atoms with E-state index in [0.717, 1.165) is 49.8 Å². The molecule has 1 unspecified atom stereocenters. The van der Waals surface area contributed by atoms with E-state index in [2.05, 4.69) is 23.5 Å². The number of carbonyl (C=O) groups excluding carboxylic acids is 1. The molecular weight excluding hydrogens is 605 g/mol. The van der Waals surface area contributed by atoms with Gasteiger partial charge in [0.1, 0.15) is 5.75 Å². The molecule has 6 atom stereocenters. The molecule has 1 aromatic rings. The van der Waals surface area contributed by atoms with E-state index in [-0.39, 0.29) is 28.8 Å². The molecule has 3 aliphatic carbocycles. The molecule has 7 nitrogen and oxygen atoms in total. The van der Waals surface area contributed by atoms with E-state index in [1.165, 1.54) is 5.56 Å². The van der Waals surface area contributed by atoms with Crippen molar-refractivity contribution in [1.82, 2.24) is 10.2 Å². The second-order valence-electron chi connectivity index (χ2n) is 13.1. The van der Waals surface area contributed by atoms with Crippen LogP contribution in [0.1, 0.15) is 75.3 Å². The van der Waals surface area contributed by atoms with Gasteiger partial charge in [-0.2, -0.15) is 22.0 Å². The van der Waals surface area contributed by atoms with Crippen LogP contribution in [0.25, 0.3) is 0 Å². The number of nitrogens with one attached hydrogen (secondary N) is 1. The van der Waals surface area contributed by atoms with Crippen molar-refractivity contribution < 1.29 is 40.9 Å². The van der Waals surface area contributed by atoms with Crippen LogP contribution in [0.15, 0.2) is 23.4 Å². The number of amides is 1. The first-order valence-electron chi connectivity index (χ1n) is 15.4. The number of carbonyl (C=O) groups is 1. The van der Waals surface area contributed by atoms with Gasteiger partial charge in [-0.05, 0) is 112 Å². The first-order chi connectivity index (χ1) is 20.7. The number of halogens is 5. The number of likely N-dealkylation sites (N-methyl/N-ethyl adjacent to an activating group) is 1. The van der Waals surface area contributed by atoms with Crippen molar-refractivity contribution >= 4 is 22.6 Å². The molecule has 0 aromatic heterocycles. The van der Waals surface area contributed by atoms with Gasteiger partial charge < -0.3 is 20.2 Å². The van der Waals surface area contributed by atoms with Gasteiger partial charge in [0, 0.05) is 47.2 Å². The second-order valence-corrected chi connectivity index (χ2v) is 14.8. The largest absolute Gasteiger partial charge is 0.453 e. The van der Waals surface area contributed by atoms with Gasteiger partial charge in [-0.1, -0.05) is 18.1 Å². The van der Waals surface area contributed by atoms with Gasteiger partial charge in [-0.15, -0.1) is 0 Å². The van der Waals surface area contributed by atoms with Crippen molar-refractivity contribution in [1.29, 1.82) is 0 Å². The summed E-state index contributed by atoms with van der Waals surface area (Å²) < 4.78 is 82.0. The molecule has 1 amide bonds. The summed E-state index contributed by atoms with van der Waals surface area (Å²) in [5.74, 6) is -3.22. The maximum Gasteiger partial charge on any atom is 0.453 e. The first kappa shape index (κ1) is 34.6. The number of benzene rings is 1. The summed E-state index contributed by atoms with van der Waals surface area (Å²) in [7, 11) is 2.32. The Hall–Kier alpha value is -2.28. The highest BCUT2D eigenvalue weighted by molar-refractivity contribution is 7.84. The highest BCUT2D eigenvalue weighted by atomic mass is 32.2. The molecule has 0 aliphatic heterocycles. The summed E-state index contributed by atoms with van der Waals surface area (Å²) in [6, 6.07) is 5.80. The lowest BCUT2D eigenvalue weighted by atomic mass is 9.52. The van der Waals surface area contributed by atoms with Crippen molar-refractivity contribution in [2.24, 2.45) is 28.3 Å². The third-order valence-corrected chi connectivity index (χ3v) is 11.5. The fourth-order valence-electron chi connectivity index (χ4n) is 7.80. The Kier molecular flexibility index (Phi) is 11.0. The Morgan fingerprint density at radius 1 is 1.18 bits per heavy atom. The van der Waals surface area contributed by atoms with Crippen LogP contribution in [0.3, 0.4) is 0 Å². The topological polar surface area (TPSA) is 91.2 Å². The minimum absolute atomic E-state index is 0.195. The van der Waals surface area contributed by atoms with Crippen LogP contribution in [-0.2, 0) is 17.2 Å². The summed E-state index contributed by atoms with van der Waals surface area (Å²) in [4.78, 5) is 14.3. The summed E-state index contributed by atoms with van der Waals surface area (Å²) >= 11 is 0. The van der Waals surface area contributed by atoms with Gasteiger partial charge in [0.05, 0.1) is 5.71 Å². The molecule has 2 saturated carbocycles. The number of alkyl halides is 5. The maximum absolute atomic E-state index is 13.2. The number of hydrogen-bond donors (Lipinski definition) is 2. The van der Waals surface area contributed by atoms with E-state index in [4.69, 9.17) is 4.74 Å². The molecule has 0 saturated heterocycles. The summed E-state index contributed by atoms with van der Waals surface area (Å²) in [6.45, 7) is 3.31. The highest BCUT2D eigenvalue weighted by Gasteiger charge is 2.57. The van der Waals surface area contributed by atoms with Crippen LogP contribution in [0.2, 0.25) is 0 Å². The monoisotopic (exact) mass is 649 g/mol. The Morgan fingerprint density at radius 3 is 2.59 bits per heavy atom. The lowest BCUT2D eigenvalue weighted by molar-refractivity contribution is -0.284. The number of ether oxygens (including phenoxy) is 1. The summed E-state index contributed by atoms with van der Waals surface area (Å²) in [6.07, 6.45) is -2.50. The predicted octanol–water partition coefficient (Wildman–Crippen LogP) is 6.76. The SMILES string of the molecule is CN(C)CCNC(=O)Oc1ccc2c(c1)C[C@@H](CCCS(=O)CCCC(F)(F)C(F)(F)F)[C@@H]1[C@@H]2CC[C@]2(C)/C(=N\O)CC[C@@H]12. The Bertz CT molecular complexity index is 1230. The van der Waals surface area contributed by atoms with E-state index in [1.807, 2.05) is 31.1 Å². The van der Waals surface area contributed by atoms with E-state index >= 15 is 0 Å². The molecule has 2 N–H and O–H groups in total.